The highest BCUT2D eigenvalue weighted by Gasteiger charge is 2.35. The van der Waals surface area contributed by atoms with E-state index in [0.717, 1.165) is 11.1 Å². The maximum absolute atomic E-state index is 12.6. The minimum absolute atomic E-state index is 0.102. The average Bonchev–Trinajstić information content (AvgIpc) is 3.24. The van der Waals surface area contributed by atoms with Crippen LogP contribution in [-0.4, -0.2) is 30.9 Å². The van der Waals surface area contributed by atoms with E-state index in [1.165, 1.54) is 0 Å². The molecule has 1 fully saturated rings. The van der Waals surface area contributed by atoms with Gasteiger partial charge in [-0.25, -0.2) is 0 Å². The number of nitrogens with zero attached hydrogens (tertiary/aromatic N) is 1. The molecule has 8 heteroatoms. The zero-order chi connectivity index (χ0) is 24.8. The minimum Gasteiger partial charge on any atom is -0.484 e. The van der Waals surface area contributed by atoms with Gasteiger partial charge in [0.2, 0.25) is 11.8 Å². The van der Waals surface area contributed by atoms with E-state index in [1.54, 1.807) is 53.4 Å². The molecule has 35 heavy (non-hydrogen) atoms. The molecular formula is C27H26ClN3O4. The van der Waals surface area contributed by atoms with Crippen molar-refractivity contribution < 1.29 is 19.1 Å². The van der Waals surface area contributed by atoms with Crippen LogP contribution < -0.4 is 20.3 Å². The Bertz CT molecular complexity index is 1210. The zero-order valence-electron chi connectivity index (χ0n) is 19.3. The maximum Gasteiger partial charge on any atom is 0.262 e. The van der Waals surface area contributed by atoms with Crippen LogP contribution in [0.3, 0.4) is 0 Å². The van der Waals surface area contributed by atoms with Crippen molar-refractivity contribution in [3.63, 3.8) is 0 Å². The number of aryl methyl sites for hydroxylation is 1. The first-order valence-electron chi connectivity index (χ1n) is 11.3. The molecule has 1 saturated heterocycles. The molecule has 0 bridgehead atoms. The van der Waals surface area contributed by atoms with E-state index in [9.17, 15) is 14.4 Å². The highest BCUT2D eigenvalue weighted by Crippen LogP contribution is 2.27. The van der Waals surface area contributed by atoms with Crippen molar-refractivity contribution in [1.29, 1.82) is 0 Å². The van der Waals surface area contributed by atoms with Crippen LogP contribution in [0.2, 0.25) is 5.02 Å². The number of ether oxygens (including phenoxy) is 1. The van der Waals surface area contributed by atoms with Gasteiger partial charge >= 0.3 is 0 Å². The Morgan fingerprint density at radius 3 is 2.51 bits per heavy atom. The van der Waals surface area contributed by atoms with E-state index in [4.69, 9.17) is 16.3 Å². The SMILES string of the molecule is Cc1ccc(CNC(=O)[C@H]2CC(=O)N(c3ccc(OCC(=O)Nc4cccc(Cl)c4)cc3)C2)cc1. The number of hydrogen-bond acceptors (Lipinski definition) is 4. The van der Waals surface area contributed by atoms with Crippen molar-refractivity contribution >= 4 is 40.7 Å². The van der Waals surface area contributed by atoms with E-state index in [0.29, 0.717) is 35.2 Å². The Kier molecular flexibility index (Phi) is 7.67. The lowest BCUT2D eigenvalue weighted by Gasteiger charge is -2.17. The second-order valence-corrected chi connectivity index (χ2v) is 8.89. The van der Waals surface area contributed by atoms with Crippen LogP contribution in [0.5, 0.6) is 5.75 Å². The van der Waals surface area contributed by atoms with E-state index in [-0.39, 0.29) is 30.7 Å². The first-order chi connectivity index (χ1) is 16.9. The van der Waals surface area contributed by atoms with Crippen molar-refractivity contribution in [2.24, 2.45) is 5.92 Å². The fourth-order valence-electron chi connectivity index (χ4n) is 3.81. The second-order valence-electron chi connectivity index (χ2n) is 8.45. The van der Waals surface area contributed by atoms with Gasteiger partial charge in [-0.3, -0.25) is 14.4 Å². The van der Waals surface area contributed by atoms with Gasteiger partial charge in [0.15, 0.2) is 6.61 Å². The van der Waals surface area contributed by atoms with Gasteiger partial charge in [0.05, 0.1) is 5.92 Å². The summed E-state index contributed by atoms with van der Waals surface area (Å²) in [5.74, 6) is -0.458. The first-order valence-corrected chi connectivity index (χ1v) is 11.7. The van der Waals surface area contributed by atoms with Gasteiger partial charge in [-0.2, -0.15) is 0 Å². The van der Waals surface area contributed by atoms with Gasteiger partial charge in [-0.05, 0) is 55.0 Å². The van der Waals surface area contributed by atoms with Crippen molar-refractivity contribution in [1.82, 2.24) is 5.32 Å². The van der Waals surface area contributed by atoms with Crippen LogP contribution in [0.4, 0.5) is 11.4 Å². The molecule has 4 rings (SSSR count). The molecule has 0 aliphatic carbocycles. The molecule has 0 radical (unpaired) electrons. The third-order valence-corrected chi connectivity index (χ3v) is 5.94. The minimum atomic E-state index is -0.404. The quantitative estimate of drug-likeness (QED) is 0.491. The van der Waals surface area contributed by atoms with Gasteiger partial charge in [-0.15, -0.1) is 0 Å². The van der Waals surface area contributed by atoms with Crippen LogP contribution in [0.15, 0.2) is 72.8 Å². The fourth-order valence-corrected chi connectivity index (χ4v) is 4.00. The van der Waals surface area contributed by atoms with E-state index < -0.39 is 5.92 Å². The number of anilines is 2. The molecule has 3 amide bonds. The highest BCUT2D eigenvalue weighted by atomic mass is 35.5. The molecule has 0 aromatic heterocycles. The van der Waals surface area contributed by atoms with Crippen molar-refractivity contribution in [3.8, 4) is 5.75 Å². The summed E-state index contributed by atoms with van der Waals surface area (Å²) in [5.41, 5.74) is 3.45. The molecule has 0 saturated carbocycles. The zero-order valence-corrected chi connectivity index (χ0v) is 20.0. The number of halogens is 1. The first kappa shape index (κ1) is 24.3. The molecule has 7 nitrogen and oxygen atoms in total. The average molecular weight is 492 g/mol. The van der Waals surface area contributed by atoms with Gasteiger partial charge in [0.25, 0.3) is 5.91 Å². The number of nitrogens with one attached hydrogen (secondary N) is 2. The van der Waals surface area contributed by atoms with Gasteiger partial charge in [0, 0.05) is 35.9 Å². The number of carbonyl (C=O) groups excluding carboxylic acids is 3. The highest BCUT2D eigenvalue weighted by molar-refractivity contribution is 6.30. The van der Waals surface area contributed by atoms with Crippen LogP contribution in [0.1, 0.15) is 17.5 Å². The van der Waals surface area contributed by atoms with Gasteiger partial charge in [-0.1, -0.05) is 47.5 Å². The summed E-state index contributed by atoms with van der Waals surface area (Å²) in [6, 6.07) is 21.7. The number of carbonyl (C=O) groups is 3. The summed E-state index contributed by atoms with van der Waals surface area (Å²) < 4.78 is 5.54. The molecule has 0 unspecified atom stereocenters. The largest absolute Gasteiger partial charge is 0.484 e. The molecule has 1 aliphatic heterocycles. The van der Waals surface area contributed by atoms with Gasteiger partial charge < -0.3 is 20.3 Å². The van der Waals surface area contributed by atoms with E-state index >= 15 is 0 Å². The molecule has 1 heterocycles. The molecule has 0 spiro atoms. The Hall–Kier alpha value is -3.84. The fraction of sp³-hybridized carbons (Fsp3) is 0.222. The predicted molar refractivity (Wildman–Crippen MR) is 136 cm³/mol. The summed E-state index contributed by atoms with van der Waals surface area (Å²) in [7, 11) is 0. The lowest BCUT2D eigenvalue weighted by atomic mass is 10.1. The second kappa shape index (κ2) is 11.1. The molecule has 3 aromatic rings. The molecule has 180 valence electrons. The van der Waals surface area contributed by atoms with Crippen molar-refractivity contribution in [2.75, 3.05) is 23.4 Å². The number of benzene rings is 3. The number of amides is 3. The standard InChI is InChI=1S/C27H26ClN3O4/c1-18-5-7-19(8-6-18)15-29-27(34)20-13-26(33)31(16-20)23-9-11-24(12-10-23)35-17-25(32)30-22-4-2-3-21(28)14-22/h2-12,14,20H,13,15-17H2,1H3,(H,29,34)(H,30,32)/t20-/m0/s1. The van der Waals surface area contributed by atoms with Crippen molar-refractivity contribution in [2.45, 2.75) is 19.9 Å². The van der Waals surface area contributed by atoms with Gasteiger partial charge in [0.1, 0.15) is 5.75 Å². The Morgan fingerprint density at radius 2 is 1.80 bits per heavy atom. The van der Waals surface area contributed by atoms with Crippen LogP contribution in [-0.2, 0) is 20.9 Å². The summed E-state index contributed by atoms with van der Waals surface area (Å²) in [5, 5.41) is 6.17. The smallest absolute Gasteiger partial charge is 0.262 e. The Balaban J connectivity index is 1.26. The summed E-state index contributed by atoms with van der Waals surface area (Å²) in [6.07, 6.45) is 0.168. The molecular weight excluding hydrogens is 466 g/mol. The molecule has 2 N–H and O–H groups in total. The molecule has 1 aliphatic rings. The lowest BCUT2D eigenvalue weighted by molar-refractivity contribution is -0.126. The monoisotopic (exact) mass is 491 g/mol. The van der Waals surface area contributed by atoms with Crippen LogP contribution in [0, 0.1) is 12.8 Å². The third-order valence-electron chi connectivity index (χ3n) is 5.71. The van der Waals surface area contributed by atoms with Crippen LogP contribution in [0.25, 0.3) is 0 Å². The predicted octanol–water partition coefficient (Wildman–Crippen LogP) is 4.34. The van der Waals surface area contributed by atoms with Crippen molar-refractivity contribution in [3.05, 3.63) is 88.9 Å². The third kappa shape index (κ3) is 6.61. The van der Waals surface area contributed by atoms with E-state index in [2.05, 4.69) is 10.6 Å². The van der Waals surface area contributed by atoms with E-state index in [1.807, 2.05) is 31.2 Å². The number of rotatable bonds is 8. The maximum atomic E-state index is 12.6. The summed E-state index contributed by atoms with van der Waals surface area (Å²) >= 11 is 5.92. The normalized spacial score (nSPS) is 15.1. The molecule has 3 aromatic carbocycles. The summed E-state index contributed by atoms with van der Waals surface area (Å²) in [4.78, 5) is 38.9. The topological polar surface area (TPSA) is 87.7 Å². The van der Waals surface area contributed by atoms with Crippen LogP contribution >= 0.6 is 11.6 Å². The number of hydrogen-bond donors (Lipinski definition) is 2. The Labute approximate surface area is 209 Å². The lowest BCUT2D eigenvalue weighted by Crippen LogP contribution is -2.32. The molecule has 1 atom stereocenters. The Morgan fingerprint density at radius 1 is 1.06 bits per heavy atom. The summed E-state index contributed by atoms with van der Waals surface area (Å²) in [6.45, 7) is 2.60.